The first-order chi connectivity index (χ1) is 8.08. The Morgan fingerprint density at radius 3 is 2.82 bits per heavy atom. The molecule has 0 aliphatic carbocycles. The summed E-state index contributed by atoms with van der Waals surface area (Å²) in [6.07, 6.45) is 2.93. The van der Waals surface area contributed by atoms with E-state index in [0.717, 1.165) is 12.0 Å². The van der Waals surface area contributed by atoms with Gasteiger partial charge in [-0.1, -0.05) is 11.6 Å². The van der Waals surface area contributed by atoms with Crippen molar-refractivity contribution in [3.63, 3.8) is 0 Å². The summed E-state index contributed by atoms with van der Waals surface area (Å²) in [6, 6.07) is 3.98. The maximum Gasteiger partial charge on any atom is 0.258 e. The molecule has 0 aromatic heterocycles. The predicted molar refractivity (Wildman–Crippen MR) is 64.0 cm³/mol. The van der Waals surface area contributed by atoms with Gasteiger partial charge in [0.05, 0.1) is 5.56 Å². The summed E-state index contributed by atoms with van der Waals surface area (Å²) in [5, 5.41) is 19.0. The maximum atomic E-state index is 12.1. The van der Waals surface area contributed by atoms with Crippen molar-refractivity contribution in [2.45, 2.75) is 13.3 Å². The molecule has 0 saturated carbocycles. The van der Waals surface area contributed by atoms with Crippen LogP contribution in [0.1, 0.15) is 23.7 Å². The van der Waals surface area contributed by atoms with Crippen molar-refractivity contribution in [3.05, 3.63) is 35.4 Å². The number of phenols is 2. The standard InChI is InChI=1S/C13H15NO3/c1-9-3-2-6-14(8-9)13(17)11-7-10(15)4-5-12(11)16/h3-5,7,15-16H,2,6,8H2,1H3. The molecule has 4 nitrogen and oxygen atoms in total. The number of aromatic hydroxyl groups is 2. The lowest BCUT2D eigenvalue weighted by atomic mass is 10.1. The lowest BCUT2D eigenvalue weighted by Gasteiger charge is -2.26. The minimum absolute atomic E-state index is 0.0181. The third kappa shape index (κ3) is 2.41. The van der Waals surface area contributed by atoms with Crippen LogP contribution in [0.5, 0.6) is 11.5 Å². The highest BCUT2D eigenvalue weighted by molar-refractivity contribution is 5.97. The van der Waals surface area contributed by atoms with Gasteiger partial charge in [-0.15, -0.1) is 0 Å². The highest BCUT2D eigenvalue weighted by atomic mass is 16.3. The van der Waals surface area contributed by atoms with Gasteiger partial charge in [-0.2, -0.15) is 0 Å². The van der Waals surface area contributed by atoms with E-state index in [-0.39, 0.29) is 23.0 Å². The molecule has 1 aliphatic rings. The van der Waals surface area contributed by atoms with E-state index in [4.69, 9.17) is 0 Å². The molecule has 0 radical (unpaired) electrons. The maximum absolute atomic E-state index is 12.1. The summed E-state index contributed by atoms with van der Waals surface area (Å²) in [5.74, 6) is -0.360. The van der Waals surface area contributed by atoms with Gasteiger partial charge in [-0.3, -0.25) is 4.79 Å². The second-order valence-electron chi connectivity index (χ2n) is 4.27. The summed E-state index contributed by atoms with van der Waals surface area (Å²) in [4.78, 5) is 13.8. The zero-order valence-corrected chi connectivity index (χ0v) is 9.68. The number of carbonyl (C=O) groups is 1. The van der Waals surface area contributed by atoms with Crippen molar-refractivity contribution in [2.75, 3.05) is 13.1 Å². The minimum Gasteiger partial charge on any atom is -0.508 e. The molecule has 0 fully saturated rings. The first-order valence-corrected chi connectivity index (χ1v) is 5.55. The van der Waals surface area contributed by atoms with Gasteiger partial charge in [0.15, 0.2) is 0 Å². The number of hydrogen-bond donors (Lipinski definition) is 2. The Bertz CT molecular complexity index is 480. The molecule has 0 unspecified atom stereocenters. The van der Waals surface area contributed by atoms with Gasteiger partial charge in [-0.05, 0) is 31.5 Å². The summed E-state index contributed by atoms with van der Waals surface area (Å²) < 4.78 is 0. The van der Waals surface area contributed by atoms with Crippen molar-refractivity contribution in [2.24, 2.45) is 0 Å². The first-order valence-electron chi connectivity index (χ1n) is 5.55. The molecule has 0 saturated heterocycles. The van der Waals surface area contributed by atoms with Gasteiger partial charge in [0.25, 0.3) is 5.91 Å². The van der Waals surface area contributed by atoms with E-state index in [1.54, 1.807) is 4.90 Å². The van der Waals surface area contributed by atoms with Gasteiger partial charge >= 0.3 is 0 Å². The van der Waals surface area contributed by atoms with Crippen molar-refractivity contribution >= 4 is 5.91 Å². The molecular weight excluding hydrogens is 218 g/mol. The van der Waals surface area contributed by atoms with Crippen LogP contribution in [0.3, 0.4) is 0 Å². The Balaban J connectivity index is 2.25. The number of phenolic OH excluding ortho intramolecular Hbond substituents is 2. The number of rotatable bonds is 1. The molecule has 1 aliphatic heterocycles. The van der Waals surface area contributed by atoms with Crippen LogP contribution in [0.25, 0.3) is 0 Å². The monoisotopic (exact) mass is 233 g/mol. The van der Waals surface area contributed by atoms with Crippen molar-refractivity contribution < 1.29 is 15.0 Å². The van der Waals surface area contributed by atoms with Crippen molar-refractivity contribution in [1.29, 1.82) is 0 Å². The van der Waals surface area contributed by atoms with Crippen LogP contribution in [-0.2, 0) is 0 Å². The van der Waals surface area contributed by atoms with E-state index in [0.29, 0.717) is 13.1 Å². The van der Waals surface area contributed by atoms with Crippen LogP contribution in [0.4, 0.5) is 0 Å². The van der Waals surface area contributed by atoms with Gasteiger partial charge in [-0.25, -0.2) is 0 Å². The third-order valence-corrected chi connectivity index (χ3v) is 2.83. The van der Waals surface area contributed by atoms with E-state index < -0.39 is 0 Å². The van der Waals surface area contributed by atoms with Crippen LogP contribution < -0.4 is 0 Å². The lowest BCUT2D eigenvalue weighted by molar-refractivity contribution is 0.0762. The first kappa shape index (κ1) is 11.5. The number of hydrogen-bond acceptors (Lipinski definition) is 3. The van der Waals surface area contributed by atoms with Gasteiger partial charge in [0.2, 0.25) is 0 Å². The Hall–Kier alpha value is -1.97. The van der Waals surface area contributed by atoms with Crippen LogP contribution >= 0.6 is 0 Å². The van der Waals surface area contributed by atoms with E-state index in [2.05, 4.69) is 6.08 Å². The fourth-order valence-electron chi connectivity index (χ4n) is 1.95. The highest BCUT2D eigenvalue weighted by Gasteiger charge is 2.21. The zero-order chi connectivity index (χ0) is 12.4. The number of carbonyl (C=O) groups excluding carboxylic acids is 1. The minimum atomic E-state index is -0.245. The number of amides is 1. The summed E-state index contributed by atoms with van der Waals surface area (Å²) in [6.45, 7) is 3.20. The van der Waals surface area contributed by atoms with Gasteiger partial charge in [0, 0.05) is 13.1 Å². The second kappa shape index (κ2) is 4.49. The summed E-state index contributed by atoms with van der Waals surface area (Å²) in [7, 11) is 0. The SMILES string of the molecule is CC1=CCCN(C(=O)c2cc(O)ccc2O)C1. The molecule has 1 amide bonds. The highest BCUT2D eigenvalue weighted by Crippen LogP contribution is 2.24. The zero-order valence-electron chi connectivity index (χ0n) is 9.68. The van der Waals surface area contributed by atoms with Crippen LogP contribution in [0.15, 0.2) is 29.8 Å². The lowest BCUT2D eigenvalue weighted by Crippen LogP contribution is -2.35. The molecule has 0 bridgehead atoms. The average Bonchev–Trinajstić information content (AvgIpc) is 2.31. The molecule has 90 valence electrons. The fourth-order valence-corrected chi connectivity index (χ4v) is 1.95. The van der Waals surface area contributed by atoms with E-state index in [1.807, 2.05) is 6.92 Å². The second-order valence-corrected chi connectivity index (χ2v) is 4.27. The van der Waals surface area contributed by atoms with Crippen molar-refractivity contribution in [1.82, 2.24) is 4.90 Å². The topological polar surface area (TPSA) is 60.8 Å². The molecule has 1 aromatic carbocycles. The smallest absolute Gasteiger partial charge is 0.258 e. The molecule has 1 heterocycles. The quantitative estimate of drug-likeness (QED) is 0.575. The number of nitrogens with zero attached hydrogens (tertiary/aromatic N) is 1. The molecular formula is C13H15NO3. The van der Waals surface area contributed by atoms with E-state index in [9.17, 15) is 15.0 Å². The fraction of sp³-hybridized carbons (Fsp3) is 0.308. The van der Waals surface area contributed by atoms with Crippen LogP contribution in [-0.4, -0.2) is 34.1 Å². The molecule has 1 aromatic rings. The Morgan fingerprint density at radius 2 is 2.12 bits per heavy atom. The molecule has 2 N–H and O–H groups in total. The molecule has 0 atom stereocenters. The molecule has 17 heavy (non-hydrogen) atoms. The van der Waals surface area contributed by atoms with E-state index >= 15 is 0 Å². The van der Waals surface area contributed by atoms with Crippen LogP contribution in [0.2, 0.25) is 0 Å². The van der Waals surface area contributed by atoms with Gasteiger partial charge in [0.1, 0.15) is 11.5 Å². The van der Waals surface area contributed by atoms with Crippen LogP contribution in [0, 0.1) is 0 Å². The average molecular weight is 233 g/mol. The summed E-state index contributed by atoms with van der Waals surface area (Å²) in [5.41, 5.74) is 1.30. The molecule has 0 spiro atoms. The largest absolute Gasteiger partial charge is 0.508 e. The molecule has 2 rings (SSSR count). The summed E-state index contributed by atoms with van der Waals surface area (Å²) >= 11 is 0. The van der Waals surface area contributed by atoms with Crippen molar-refractivity contribution in [3.8, 4) is 11.5 Å². The Labute approximate surface area is 99.8 Å². The Morgan fingerprint density at radius 1 is 1.35 bits per heavy atom. The van der Waals surface area contributed by atoms with Gasteiger partial charge < -0.3 is 15.1 Å². The Kier molecular flexibility index (Phi) is 3.04. The normalized spacial score (nSPS) is 15.6. The third-order valence-electron chi connectivity index (χ3n) is 2.83. The van der Waals surface area contributed by atoms with E-state index in [1.165, 1.54) is 18.2 Å². The molecule has 4 heteroatoms. The predicted octanol–water partition coefficient (Wildman–Crippen LogP) is 1.89. The number of benzene rings is 1.